The number of hydrogen-bond acceptors (Lipinski definition) is 3. The molecule has 0 aliphatic heterocycles. The first-order valence-electron chi connectivity index (χ1n) is 6.89. The van der Waals surface area contributed by atoms with Gasteiger partial charge in [0, 0.05) is 12.6 Å². The van der Waals surface area contributed by atoms with Crippen molar-refractivity contribution >= 4 is 5.91 Å². The van der Waals surface area contributed by atoms with E-state index < -0.39 is 17.3 Å². The Morgan fingerprint density at radius 3 is 2.70 bits per heavy atom. The van der Waals surface area contributed by atoms with E-state index in [4.69, 9.17) is 5.11 Å². The van der Waals surface area contributed by atoms with Gasteiger partial charge in [-0.15, -0.1) is 0 Å². The number of hydrogen-bond donors (Lipinski definition) is 3. The number of carbonyl (C=O) groups excluding carboxylic acids is 1. The van der Waals surface area contributed by atoms with Crippen molar-refractivity contribution in [1.29, 1.82) is 0 Å². The van der Waals surface area contributed by atoms with Gasteiger partial charge in [-0.25, -0.2) is 4.39 Å². The Morgan fingerprint density at radius 1 is 1.45 bits per heavy atom. The van der Waals surface area contributed by atoms with Gasteiger partial charge < -0.3 is 15.5 Å². The van der Waals surface area contributed by atoms with Gasteiger partial charge in [-0.3, -0.25) is 4.79 Å². The van der Waals surface area contributed by atoms with Gasteiger partial charge in [-0.1, -0.05) is 6.92 Å². The molecule has 1 aliphatic carbocycles. The molecule has 3 N–H and O–H groups in total. The predicted molar refractivity (Wildman–Crippen MR) is 73.0 cm³/mol. The Morgan fingerprint density at radius 2 is 2.10 bits per heavy atom. The second-order valence-electron chi connectivity index (χ2n) is 5.75. The molecule has 0 spiro atoms. The number of phenols is 1. The molecule has 1 aliphatic rings. The van der Waals surface area contributed by atoms with Gasteiger partial charge in [0.05, 0.1) is 11.2 Å². The fourth-order valence-electron chi connectivity index (χ4n) is 2.50. The summed E-state index contributed by atoms with van der Waals surface area (Å²) < 4.78 is 13.5. The molecule has 20 heavy (non-hydrogen) atoms. The highest BCUT2D eigenvalue weighted by Gasteiger charge is 2.32. The summed E-state index contributed by atoms with van der Waals surface area (Å²) in [6, 6.07) is 3.38. The summed E-state index contributed by atoms with van der Waals surface area (Å²) in [5, 5.41) is 22.0. The minimum Gasteiger partial charge on any atom is -0.508 e. The van der Waals surface area contributed by atoms with Crippen LogP contribution in [0.4, 0.5) is 4.39 Å². The van der Waals surface area contributed by atoms with Crippen molar-refractivity contribution in [2.24, 2.45) is 5.92 Å². The Labute approximate surface area is 117 Å². The molecule has 1 amide bonds. The van der Waals surface area contributed by atoms with E-state index in [1.807, 2.05) is 0 Å². The van der Waals surface area contributed by atoms with Gasteiger partial charge in [0.25, 0.3) is 5.91 Å². The van der Waals surface area contributed by atoms with Gasteiger partial charge >= 0.3 is 0 Å². The molecule has 0 radical (unpaired) electrons. The standard InChI is InChI=1S/C15H20FNO3/c1-10-4-6-15(20,7-5-10)9-17-14(19)12-3-2-11(18)8-13(12)16/h2-3,8,10,18,20H,4-7,9H2,1H3,(H,17,19). The third kappa shape index (κ3) is 3.48. The third-order valence-electron chi connectivity index (χ3n) is 3.98. The summed E-state index contributed by atoms with van der Waals surface area (Å²) in [5.74, 6) is -0.972. The van der Waals surface area contributed by atoms with Crippen LogP contribution in [0, 0.1) is 11.7 Å². The molecule has 1 fully saturated rings. The monoisotopic (exact) mass is 281 g/mol. The van der Waals surface area contributed by atoms with E-state index in [0.29, 0.717) is 18.8 Å². The molecule has 0 atom stereocenters. The number of rotatable bonds is 3. The molecule has 0 heterocycles. The van der Waals surface area contributed by atoms with Crippen molar-refractivity contribution in [2.45, 2.75) is 38.2 Å². The summed E-state index contributed by atoms with van der Waals surface area (Å²) in [4.78, 5) is 11.9. The first kappa shape index (κ1) is 14.8. The van der Waals surface area contributed by atoms with Crippen molar-refractivity contribution in [2.75, 3.05) is 6.54 Å². The zero-order valence-corrected chi connectivity index (χ0v) is 11.5. The zero-order valence-electron chi connectivity index (χ0n) is 11.5. The highest BCUT2D eigenvalue weighted by Crippen LogP contribution is 2.31. The molecule has 0 bridgehead atoms. The van der Waals surface area contributed by atoms with Crippen LogP contribution in [0.1, 0.15) is 43.0 Å². The van der Waals surface area contributed by atoms with Crippen LogP contribution in [0.25, 0.3) is 0 Å². The first-order valence-corrected chi connectivity index (χ1v) is 6.89. The Hall–Kier alpha value is -1.62. The molecule has 1 aromatic carbocycles. The Balaban J connectivity index is 1.95. The topological polar surface area (TPSA) is 69.6 Å². The van der Waals surface area contributed by atoms with E-state index in [2.05, 4.69) is 12.2 Å². The van der Waals surface area contributed by atoms with E-state index in [1.54, 1.807) is 0 Å². The molecular formula is C15H20FNO3. The van der Waals surface area contributed by atoms with Crippen LogP contribution in [0.3, 0.4) is 0 Å². The predicted octanol–water partition coefficient (Wildman–Crippen LogP) is 2.20. The van der Waals surface area contributed by atoms with Crippen LogP contribution in [0.15, 0.2) is 18.2 Å². The number of amides is 1. The number of benzene rings is 1. The lowest BCUT2D eigenvalue weighted by Crippen LogP contribution is -2.45. The number of carbonyl (C=O) groups is 1. The molecule has 4 nitrogen and oxygen atoms in total. The maximum atomic E-state index is 13.5. The molecule has 1 saturated carbocycles. The number of nitrogens with one attached hydrogen (secondary N) is 1. The van der Waals surface area contributed by atoms with Crippen LogP contribution in [0.2, 0.25) is 0 Å². The smallest absolute Gasteiger partial charge is 0.254 e. The van der Waals surface area contributed by atoms with Crippen LogP contribution < -0.4 is 5.32 Å². The summed E-state index contributed by atoms with van der Waals surface area (Å²) in [6.45, 7) is 2.27. The summed E-state index contributed by atoms with van der Waals surface area (Å²) in [5.41, 5.74) is -1.02. The minimum absolute atomic E-state index is 0.124. The van der Waals surface area contributed by atoms with E-state index >= 15 is 0 Å². The molecule has 2 rings (SSSR count). The Bertz CT molecular complexity index is 496. The van der Waals surface area contributed by atoms with Gasteiger partial charge in [0.15, 0.2) is 0 Å². The van der Waals surface area contributed by atoms with E-state index in [0.717, 1.165) is 18.9 Å². The zero-order chi connectivity index (χ0) is 14.8. The number of aromatic hydroxyl groups is 1. The van der Waals surface area contributed by atoms with Gasteiger partial charge in [0.2, 0.25) is 0 Å². The van der Waals surface area contributed by atoms with Crippen LogP contribution >= 0.6 is 0 Å². The van der Waals surface area contributed by atoms with Crippen molar-refractivity contribution in [1.82, 2.24) is 5.32 Å². The highest BCUT2D eigenvalue weighted by molar-refractivity contribution is 5.94. The second kappa shape index (κ2) is 5.79. The first-order chi connectivity index (χ1) is 9.39. The van der Waals surface area contributed by atoms with Crippen molar-refractivity contribution in [3.05, 3.63) is 29.6 Å². The summed E-state index contributed by atoms with van der Waals surface area (Å²) in [7, 11) is 0. The SMILES string of the molecule is CC1CCC(O)(CNC(=O)c2ccc(O)cc2F)CC1. The average Bonchev–Trinajstić information content (AvgIpc) is 2.40. The number of halogens is 1. The third-order valence-corrected chi connectivity index (χ3v) is 3.98. The van der Waals surface area contributed by atoms with Crippen LogP contribution in [0.5, 0.6) is 5.75 Å². The molecular weight excluding hydrogens is 261 g/mol. The molecule has 1 aromatic rings. The molecule has 0 aromatic heterocycles. The quantitative estimate of drug-likeness (QED) is 0.795. The van der Waals surface area contributed by atoms with Crippen molar-refractivity contribution in [3.63, 3.8) is 0 Å². The largest absolute Gasteiger partial charge is 0.508 e. The average molecular weight is 281 g/mol. The van der Waals surface area contributed by atoms with E-state index in [9.17, 15) is 14.3 Å². The van der Waals surface area contributed by atoms with Crippen molar-refractivity contribution in [3.8, 4) is 5.75 Å². The maximum absolute atomic E-state index is 13.5. The highest BCUT2D eigenvalue weighted by atomic mass is 19.1. The van der Waals surface area contributed by atoms with Crippen LogP contribution in [-0.4, -0.2) is 28.3 Å². The van der Waals surface area contributed by atoms with Gasteiger partial charge in [-0.2, -0.15) is 0 Å². The second-order valence-corrected chi connectivity index (χ2v) is 5.75. The fraction of sp³-hybridized carbons (Fsp3) is 0.533. The number of phenolic OH excluding ortho intramolecular Hbond substituents is 1. The summed E-state index contributed by atoms with van der Waals surface area (Å²) in [6.07, 6.45) is 3.15. The molecule has 5 heteroatoms. The van der Waals surface area contributed by atoms with Crippen molar-refractivity contribution < 1.29 is 19.4 Å². The molecule has 110 valence electrons. The molecule has 0 unspecified atom stereocenters. The molecule has 0 saturated heterocycles. The minimum atomic E-state index is -0.893. The maximum Gasteiger partial charge on any atom is 0.254 e. The lowest BCUT2D eigenvalue weighted by atomic mass is 9.79. The summed E-state index contributed by atoms with van der Waals surface area (Å²) >= 11 is 0. The lowest BCUT2D eigenvalue weighted by molar-refractivity contribution is -0.00543. The Kier molecular flexibility index (Phi) is 4.28. The van der Waals surface area contributed by atoms with Crippen LogP contribution in [-0.2, 0) is 0 Å². The van der Waals surface area contributed by atoms with E-state index in [1.165, 1.54) is 12.1 Å². The number of aliphatic hydroxyl groups is 1. The fourth-order valence-corrected chi connectivity index (χ4v) is 2.50. The van der Waals surface area contributed by atoms with Gasteiger partial charge in [0.1, 0.15) is 11.6 Å². The normalized spacial score (nSPS) is 26.2. The van der Waals surface area contributed by atoms with E-state index in [-0.39, 0.29) is 17.9 Å². The lowest BCUT2D eigenvalue weighted by Gasteiger charge is -2.34. The van der Waals surface area contributed by atoms with Gasteiger partial charge in [-0.05, 0) is 43.7 Å².